The highest BCUT2D eigenvalue weighted by molar-refractivity contribution is 5.98. The maximum Gasteiger partial charge on any atom is 0.246 e. The van der Waals surface area contributed by atoms with Crippen LogP contribution in [0.1, 0.15) is 19.3 Å². The number of hydrogen-bond acceptors (Lipinski definition) is 4. The van der Waals surface area contributed by atoms with Crippen molar-refractivity contribution in [2.45, 2.75) is 25.3 Å². The highest BCUT2D eigenvalue weighted by Gasteiger charge is 2.47. The summed E-state index contributed by atoms with van der Waals surface area (Å²) in [5.41, 5.74) is 1.19. The van der Waals surface area contributed by atoms with Gasteiger partial charge in [0.25, 0.3) is 0 Å². The van der Waals surface area contributed by atoms with Crippen LogP contribution in [-0.2, 0) is 9.59 Å². The molecule has 1 N–H and O–H groups in total. The van der Waals surface area contributed by atoms with E-state index in [2.05, 4.69) is 17.3 Å². The number of amides is 2. The Kier molecular flexibility index (Phi) is 4.71. The van der Waals surface area contributed by atoms with Gasteiger partial charge in [0, 0.05) is 25.3 Å². The lowest BCUT2D eigenvalue weighted by atomic mass is 9.77. The summed E-state index contributed by atoms with van der Waals surface area (Å²) >= 11 is 0. The van der Waals surface area contributed by atoms with Crippen LogP contribution in [0.25, 0.3) is 0 Å². The molecule has 1 aromatic carbocycles. The van der Waals surface area contributed by atoms with E-state index in [4.69, 9.17) is 0 Å². The second-order valence-electron chi connectivity index (χ2n) is 8.03. The summed E-state index contributed by atoms with van der Waals surface area (Å²) in [5.74, 6) is 0.136. The fraction of sp³-hybridized carbons (Fsp3) is 0.600. The Bertz CT molecular complexity index is 672. The number of carbonyl (C=O) groups is 2. The highest BCUT2D eigenvalue weighted by Crippen LogP contribution is 2.41. The van der Waals surface area contributed by atoms with E-state index in [1.807, 2.05) is 30.3 Å². The summed E-state index contributed by atoms with van der Waals surface area (Å²) < 4.78 is 0. The predicted octanol–water partition coefficient (Wildman–Crippen LogP) is 0.936. The SMILES string of the molecule is CN1CC2(CCNCC2)CC1C(=O)N1CCN(c2ccccc2)C(=O)C1. The summed E-state index contributed by atoms with van der Waals surface area (Å²) in [6, 6.07) is 9.63. The Morgan fingerprint density at radius 2 is 1.88 bits per heavy atom. The third-order valence-electron chi connectivity index (χ3n) is 6.29. The molecule has 4 rings (SSSR count). The Morgan fingerprint density at radius 3 is 2.58 bits per heavy atom. The van der Waals surface area contributed by atoms with Gasteiger partial charge in [0.2, 0.25) is 11.8 Å². The number of para-hydroxylation sites is 1. The van der Waals surface area contributed by atoms with Gasteiger partial charge in [-0.15, -0.1) is 0 Å². The molecule has 3 saturated heterocycles. The highest BCUT2D eigenvalue weighted by atomic mass is 16.2. The first-order valence-corrected chi connectivity index (χ1v) is 9.63. The van der Waals surface area contributed by atoms with E-state index in [0.717, 1.165) is 44.6 Å². The Hall–Kier alpha value is -1.92. The molecule has 1 spiro atoms. The zero-order valence-electron chi connectivity index (χ0n) is 15.5. The van der Waals surface area contributed by atoms with Crippen molar-refractivity contribution in [1.29, 1.82) is 0 Å². The lowest BCUT2D eigenvalue weighted by Gasteiger charge is -2.36. The molecule has 1 atom stereocenters. The minimum absolute atomic E-state index is 0.00743. The summed E-state index contributed by atoms with van der Waals surface area (Å²) in [6.45, 7) is 4.44. The molecule has 0 aromatic heterocycles. The van der Waals surface area contributed by atoms with Gasteiger partial charge in [0.1, 0.15) is 6.54 Å². The van der Waals surface area contributed by atoms with Crippen LogP contribution in [0.4, 0.5) is 5.69 Å². The number of piperazine rings is 1. The van der Waals surface area contributed by atoms with Gasteiger partial charge in [-0.25, -0.2) is 0 Å². The lowest BCUT2D eigenvalue weighted by molar-refractivity contribution is -0.140. The number of rotatable bonds is 2. The van der Waals surface area contributed by atoms with Crippen molar-refractivity contribution in [2.75, 3.05) is 51.2 Å². The van der Waals surface area contributed by atoms with Crippen molar-refractivity contribution < 1.29 is 9.59 Å². The number of likely N-dealkylation sites (tertiary alicyclic amines) is 1. The molecule has 0 bridgehead atoms. The first kappa shape index (κ1) is 17.5. The summed E-state index contributed by atoms with van der Waals surface area (Å²) in [6.07, 6.45) is 3.21. The van der Waals surface area contributed by atoms with Gasteiger partial charge in [-0.1, -0.05) is 18.2 Å². The van der Waals surface area contributed by atoms with Gasteiger partial charge in [-0.3, -0.25) is 14.5 Å². The summed E-state index contributed by atoms with van der Waals surface area (Å²) in [5, 5.41) is 3.42. The van der Waals surface area contributed by atoms with Crippen LogP contribution < -0.4 is 10.2 Å². The molecule has 0 saturated carbocycles. The molecule has 1 aromatic rings. The number of nitrogens with zero attached hydrogens (tertiary/aromatic N) is 3. The fourth-order valence-corrected chi connectivity index (χ4v) is 4.82. The van der Waals surface area contributed by atoms with Crippen LogP contribution in [0.3, 0.4) is 0 Å². The standard InChI is InChI=1S/C20H28N4O2/c1-22-15-20(7-9-21-10-8-20)13-17(22)19(26)23-11-12-24(18(25)14-23)16-5-3-2-4-6-16/h2-6,17,21H,7-15H2,1H3. The quantitative estimate of drug-likeness (QED) is 0.857. The molecule has 3 heterocycles. The van der Waals surface area contributed by atoms with E-state index in [1.54, 1.807) is 9.80 Å². The minimum atomic E-state index is -0.0795. The van der Waals surface area contributed by atoms with E-state index in [0.29, 0.717) is 13.1 Å². The molecular weight excluding hydrogens is 328 g/mol. The molecule has 0 radical (unpaired) electrons. The van der Waals surface area contributed by atoms with Gasteiger partial charge < -0.3 is 15.1 Å². The number of anilines is 1. The molecule has 2 amide bonds. The Balaban J connectivity index is 1.41. The largest absolute Gasteiger partial charge is 0.330 e. The summed E-state index contributed by atoms with van der Waals surface area (Å²) in [4.78, 5) is 31.5. The molecule has 140 valence electrons. The zero-order valence-corrected chi connectivity index (χ0v) is 15.5. The molecule has 0 aliphatic carbocycles. The van der Waals surface area contributed by atoms with Crippen molar-refractivity contribution >= 4 is 17.5 Å². The van der Waals surface area contributed by atoms with Crippen molar-refractivity contribution in [3.05, 3.63) is 30.3 Å². The fourth-order valence-electron chi connectivity index (χ4n) is 4.82. The smallest absolute Gasteiger partial charge is 0.246 e. The van der Waals surface area contributed by atoms with E-state index < -0.39 is 0 Å². The average molecular weight is 356 g/mol. The van der Waals surface area contributed by atoms with Gasteiger partial charge in [0.15, 0.2) is 0 Å². The molecular formula is C20H28N4O2. The second kappa shape index (κ2) is 7.00. The number of hydrogen-bond donors (Lipinski definition) is 1. The van der Waals surface area contributed by atoms with E-state index in [9.17, 15) is 9.59 Å². The van der Waals surface area contributed by atoms with Crippen LogP contribution in [-0.4, -0.2) is 74.0 Å². The third-order valence-corrected chi connectivity index (χ3v) is 6.29. The number of carbonyl (C=O) groups excluding carboxylic acids is 2. The maximum absolute atomic E-state index is 13.1. The van der Waals surface area contributed by atoms with Crippen molar-refractivity contribution in [1.82, 2.24) is 15.1 Å². The number of piperidine rings is 1. The topological polar surface area (TPSA) is 55.9 Å². The summed E-state index contributed by atoms with van der Waals surface area (Å²) in [7, 11) is 2.06. The van der Waals surface area contributed by atoms with Gasteiger partial charge in [0.05, 0.1) is 6.04 Å². The van der Waals surface area contributed by atoms with Crippen LogP contribution in [0.2, 0.25) is 0 Å². The second-order valence-corrected chi connectivity index (χ2v) is 8.03. The number of nitrogens with one attached hydrogen (secondary N) is 1. The van der Waals surface area contributed by atoms with E-state index in [-0.39, 0.29) is 29.8 Å². The number of likely N-dealkylation sites (N-methyl/N-ethyl adjacent to an activating group) is 1. The van der Waals surface area contributed by atoms with Gasteiger partial charge in [-0.2, -0.15) is 0 Å². The van der Waals surface area contributed by atoms with E-state index >= 15 is 0 Å². The normalized spacial score (nSPS) is 26.5. The van der Waals surface area contributed by atoms with Crippen molar-refractivity contribution in [2.24, 2.45) is 5.41 Å². The molecule has 3 aliphatic heterocycles. The molecule has 3 fully saturated rings. The molecule has 3 aliphatic rings. The van der Waals surface area contributed by atoms with Gasteiger partial charge in [-0.05, 0) is 56.9 Å². The number of benzene rings is 1. The van der Waals surface area contributed by atoms with Crippen molar-refractivity contribution in [3.63, 3.8) is 0 Å². The third kappa shape index (κ3) is 3.23. The van der Waals surface area contributed by atoms with Crippen LogP contribution in [0.5, 0.6) is 0 Å². The zero-order chi connectivity index (χ0) is 18.1. The Labute approximate surface area is 155 Å². The first-order chi connectivity index (χ1) is 12.6. The van der Waals surface area contributed by atoms with Crippen LogP contribution >= 0.6 is 0 Å². The Morgan fingerprint density at radius 1 is 1.15 bits per heavy atom. The van der Waals surface area contributed by atoms with Crippen LogP contribution in [0.15, 0.2) is 30.3 Å². The maximum atomic E-state index is 13.1. The van der Waals surface area contributed by atoms with Crippen molar-refractivity contribution in [3.8, 4) is 0 Å². The predicted molar refractivity (Wildman–Crippen MR) is 101 cm³/mol. The molecule has 6 heteroatoms. The van der Waals surface area contributed by atoms with Gasteiger partial charge >= 0.3 is 0 Å². The first-order valence-electron chi connectivity index (χ1n) is 9.63. The minimum Gasteiger partial charge on any atom is -0.330 e. The molecule has 26 heavy (non-hydrogen) atoms. The monoisotopic (exact) mass is 356 g/mol. The molecule has 6 nitrogen and oxygen atoms in total. The average Bonchev–Trinajstić information content (AvgIpc) is 2.98. The van der Waals surface area contributed by atoms with E-state index in [1.165, 1.54) is 0 Å². The lowest BCUT2D eigenvalue weighted by Crippen LogP contribution is -2.55. The van der Waals surface area contributed by atoms with Crippen LogP contribution in [0, 0.1) is 5.41 Å². The molecule has 1 unspecified atom stereocenters.